The van der Waals surface area contributed by atoms with E-state index < -0.39 is 0 Å². The molecule has 3 nitrogen and oxygen atoms in total. The summed E-state index contributed by atoms with van der Waals surface area (Å²) in [5.74, 6) is 0.0530. The molecule has 1 saturated carbocycles. The molecule has 0 radical (unpaired) electrons. The molecule has 0 aromatic rings. The van der Waals surface area contributed by atoms with Crippen molar-refractivity contribution < 1.29 is 14.3 Å². The molecule has 0 spiro atoms. The molecule has 0 N–H and O–H groups in total. The van der Waals surface area contributed by atoms with E-state index in [0.717, 1.165) is 19.3 Å². The lowest BCUT2D eigenvalue weighted by Gasteiger charge is -2.09. The van der Waals surface area contributed by atoms with Crippen LogP contribution in [-0.2, 0) is 14.3 Å². The van der Waals surface area contributed by atoms with Crippen LogP contribution in [0.3, 0.4) is 0 Å². The van der Waals surface area contributed by atoms with Crippen molar-refractivity contribution in [3.05, 3.63) is 0 Å². The number of ether oxygens (including phenoxy) is 1. The molecule has 0 saturated heterocycles. The van der Waals surface area contributed by atoms with E-state index in [9.17, 15) is 9.59 Å². The van der Waals surface area contributed by atoms with E-state index in [0.29, 0.717) is 12.3 Å². The molecule has 0 aromatic heterocycles. The summed E-state index contributed by atoms with van der Waals surface area (Å²) in [4.78, 5) is 21.2. The Hall–Kier alpha value is -0.570. The van der Waals surface area contributed by atoms with E-state index in [-0.39, 0.29) is 17.3 Å². The monoisotopic (exact) mass is 204 g/mol. The number of hydrogen-bond donors (Lipinski definition) is 0. The minimum Gasteiger partial charge on any atom is -0.463 e. The summed E-state index contributed by atoms with van der Waals surface area (Å²) in [6.07, 6.45) is 2.96. The highest BCUT2D eigenvalue weighted by Crippen LogP contribution is 2.30. The van der Waals surface area contributed by atoms with Crippen LogP contribution in [0, 0.1) is 5.92 Å². The van der Waals surface area contributed by atoms with Gasteiger partial charge in [0.15, 0.2) is 0 Å². The zero-order valence-electron chi connectivity index (χ0n) is 7.59. The smallest absolute Gasteiger partial charge is 0.302 e. The molecule has 0 bridgehead atoms. The maximum Gasteiger partial charge on any atom is 0.302 e. The van der Waals surface area contributed by atoms with E-state index >= 15 is 0 Å². The second-order valence-corrected chi connectivity index (χ2v) is 3.89. The molecule has 0 amide bonds. The van der Waals surface area contributed by atoms with Gasteiger partial charge in [-0.3, -0.25) is 9.59 Å². The van der Waals surface area contributed by atoms with Gasteiger partial charge in [-0.2, -0.15) is 0 Å². The van der Waals surface area contributed by atoms with Crippen LogP contribution < -0.4 is 0 Å². The number of esters is 1. The SMILES string of the molecule is CC(=O)O[C@@H]1CC[C@H](CC(=O)Cl)C1. The quantitative estimate of drug-likeness (QED) is 0.521. The Bertz CT molecular complexity index is 193. The molecular weight excluding hydrogens is 192 g/mol. The van der Waals surface area contributed by atoms with Crippen LogP contribution in [0.4, 0.5) is 0 Å². The molecule has 1 rings (SSSR count). The first kappa shape index (κ1) is 10.5. The van der Waals surface area contributed by atoms with Crippen LogP contribution in [0.1, 0.15) is 32.6 Å². The fraction of sp³-hybridized carbons (Fsp3) is 0.778. The van der Waals surface area contributed by atoms with Crippen LogP contribution in [0.25, 0.3) is 0 Å². The molecule has 13 heavy (non-hydrogen) atoms. The van der Waals surface area contributed by atoms with Gasteiger partial charge in [0.1, 0.15) is 6.10 Å². The first-order valence-corrected chi connectivity index (χ1v) is 4.81. The average Bonchev–Trinajstić information content (AvgIpc) is 2.33. The lowest BCUT2D eigenvalue weighted by atomic mass is 10.1. The fourth-order valence-corrected chi connectivity index (χ4v) is 2.00. The number of rotatable bonds is 3. The van der Waals surface area contributed by atoms with Crippen LogP contribution in [0.15, 0.2) is 0 Å². The summed E-state index contributed by atoms with van der Waals surface area (Å²) in [5, 5.41) is -0.298. The predicted molar refractivity (Wildman–Crippen MR) is 48.4 cm³/mol. The maximum atomic E-state index is 10.6. The Labute approximate surface area is 82.4 Å². The van der Waals surface area contributed by atoms with Crippen molar-refractivity contribution in [2.45, 2.75) is 38.7 Å². The summed E-state index contributed by atoms with van der Waals surface area (Å²) in [5.41, 5.74) is 0. The molecule has 1 fully saturated rings. The van der Waals surface area contributed by atoms with Gasteiger partial charge < -0.3 is 4.74 Å². The highest BCUT2D eigenvalue weighted by Gasteiger charge is 2.27. The third-order valence-corrected chi connectivity index (χ3v) is 2.43. The highest BCUT2D eigenvalue weighted by molar-refractivity contribution is 6.63. The van der Waals surface area contributed by atoms with E-state index in [1.807, 2.05) is 0 Å². The van der Waals surface area contributed by atoms with Gasteiger partial charge in [-0.25, -0.2) is 0 Å². The minimum absolute atomic E-state index is 0.00137. The van der Waals surface area contributed by atoms with E-state index in [1.54, 1.807) is 0 Å². The maximum absolute atomic E-state index is 10.6. The predicted octanol–water partition coefficient (Wildman–Crippen LogP) is 1.87. The van der Waals surface area contributed by atoms with Crippen molar-refractivity contribution in [2.75, 3.05) is 0 Å². The average molecular weight is 205 g/mol. The Morgan fingerprint density at radius 3 is 2.69 bits per heavy atom. The van der Waals surface area contributed by atoms with Gasteiger partial charge >= 0.3 is 5.97 Å². The lowest BCUT2D eigenvalue weighted by molar-refractivity contribution is -0.146. The van der Waals surface area contributed by atoms with Crippen molar-refractivity contribution in [3.8, 4) is 0 Å². The first-order chi connectivity index (χ1) is 6.08. The Balaban J connectivity index is 2.27. The van der Waals surface area contributed by atoms with Crippen LogP contribution in [0.2, 0.25) is 0 Å². The Kier molecular flexibility index (Phi) is 3.72. The summed E-state index contributed by atoms with van der Waals surface area (Å²) >= 11 is 5.26. The zero-order valence-corrected chi connectivity index (χ0v) is 8.34. The second-order valence-electron chi connectivity index (χ2n) is 3.47. The van der Waals surface area contributed by atoms with E-state index in [1.165, 1.54) is 6.92 Å². The minimum atomic E-state index is -0.298. The first-order valence-electron chi connectivity index (χ1n) is 4.43. The number of hydrogen-bond acceptors (Lipinski definition) is 3. The van der Waals surface area contributed by atoms with Gasteiger partial charge in [0, 0.05) is 13.3 Å². The van der Waals surface area contributed by atoms with Gasteiger partial charge in [-0.1, -0.05) is 0 Å². The standard InChI is InChI=1S/C9H13ClO3/c1-6(11)13-8-3-2-7(4-8)5-9(10)12/h7-8H,2-5H2,1H3/t7-,8+/m0/s1. The molecule has 0 aromatic carbocycles. The molecule has 1 aliphatic rings. The van der Waals surface area contributed by atoms with E-state index in [4.69, 9.17) is 16.3 Å². The van der Waals surface area contributed by atoms with Crippen molar-refractivity contribution >= 4 is 22.8 Å². The third-order valence-electron chi connectivity index (χ3n) is 2.27. The van der Waals surface area contributed by atoms with Gasteiger partial charge in [0.05, 0.1) is 0 Å². The molecular formula is C9H13ClO3. The molecule has 1 aliphatic carbocycles. The van der Waals surface area contributed by atoms with Crippen molar-refractivity contribution in [1.82, 2.24) is 0 Å². The fourth-order valence-electron chi connectivity index (χ4n) is 1.78. The van der Waals surface area contributed by atoms with E-state index in [2.05, 4.69) is 0 Å². The van der Waals surface area contributed by atoms with Crippen LogP contribution in [-0.4, -0.2) is 17.3 Å². The van der Waals surface area contributed by atoms with Gasteiger partial charge in [0.2, 0.25) is 5.24 Å². The van der Waals surface area contributed by atoms with Gasteiger partial charge in [-0.05, 0) is 36.8 Å². The molecule has 0 aliphatic heterocycles. The molecule has 0 heterocycles. The number of halogens is 1. The lowest BCUT2D eigenvalue weighted by Crippen LogP contribution is -2.12. The van der Waals surface area contributed by atoms with Gasteiger partial charge in [0.25, 0.3) is 0 Å². The van der Waals surface area contributed by atoms with Gasteiger partial charge in [-0.15, -0.1) is 0 Å². The van der Waals surface area contributed by atoms with Crippen molar-refractivity contribution in [2.24, 2.45) is 5.92 Å². The summed E-state index contributed by atoms with van der Waals surface area (Å²) in [7, 11) is 0. The number of carbonyl (C=O) groups excluding carboxylic acids is 2. The van der Waals surface area contributed by atoms with Crippen molar-refractivity contribution in [3.63, 3.8) is 0 Å². The van der Waals surface area contributed by atoms with Crippen LogP contribution >= 0.6 is 11.6 Å². The topological polar surface area (TPSA) is 43.4 Å². The summed E-state index contributed by atoms with van der Waals surface area (Å²) in [6, 6.07) is 0. The Morgan fingerprint density at radius 1 is 1.46 bits per heavy atom. The largest absolute Gasteiger partial charge is 0.463 e. The van der Waals surface area contributed by atoms with Crippen molar-refractivity contribution in [1.29, 1.82) is 0 Å². The number of carbonyl (C=O) groups is 2. The highest BCUT2D eigenvalue weighted by atomic mass is 35.5. The molecule has 74 valence electrons. The zero-order chi connectivity index (χ0) is 9.84. The summed E-state index contributed by atoms with van der Waals surface area (Å²) < 4.78 is 5.03. The molecule has 0 unspecified atom stereocenters. The normalized spacial score (nSPS) is 27.2. The summed E-state index contributed by atoms with van der Waals surface area (Å²) in [6.45, 7) is 1.40. The molecule has 4 heteroatoms. The Morgan fingerprint density at radius 2 is 2.15 bits per heavy atom. The van der Waals surface area contributed by atoms with Crippen LogP contribution in [0.5, 0.6) is 0 Å². The second kappa shape index (κ2) is 4.61. The molecule has 2 atom stereocenters. The third kappa shape index (κ3) is 3.77.